The molecule has 1 fully saturated rings. The van der Waals surface area contributed by atoms with E-state index in [1.54, 1.807) is 12.1 Å². The van der Waals surface area contributed by atoms with Gasteiger partial charge >= 0.3 is 0 Å². The number of nitrogens with one attached hydrogen (secondary N) is 1. The predicted molar refractivity (Wildman–Crippen MR) is 69.9 cm³/mol. The molecule has 0 aromatic heterocycles. The summed E-state index contributed by atoms with van der Waals surface area (Å²) in [6.07, 6.45) is 3.62. The zero-order valence-electron chi connectivity index (χ0n) is 10.8. The van der Waals surface area contributed by atoms with Crippen LogP contribution < -0.4 is 10.2 Å². The summed E-state index contributed by atoms with van der Waals surface area (Å²) in [5, 5.41) is 3.19. The molecule has 1 N–H and O–H groups in total. The number of nitrogens with zero attached hydrogens (tertiary/aromatic N) is 1. The van der Waals surface area contributed by atoms with E-state index in [-0.39, 0.29) is 11.9 Å². The van der Waals surface area contributed by atoms with Gasteiger partial charge in [-0.25, -0.2) is 4.39 Å². The van der Waals surface area contributed by atoms with Gasteiger partial charge in [-0.15, -0.1) is 0 Å². The summed E-state index contributed by atoms with van der Waals surface area (Å²) < 4.78 is 14.0. The Kier molecular flexibility index (Phi) is 3.67. The molecule has 2 rings (SSSR count). The molecule has 1 unspecified atom stereocenters. The van der Waals surface area contributed by atoms with Gasteiger partial charge in [-0.3, -0.25) is 0 Å². The maximum absolute atomic E-state index is 14.0. The Balaban J connectivity index is 2.35. The lowest BCUT2D eigenvalue weighted by Crippen LogP contribution is -2.38. The molecule has 1 aliphatic rings. The highest BCUT2D eigenvalue weighted by molar-refractivity contribution is 5.56. The molecule has 1 aliphatic carbocycles. The standard InChI is InChI=1S/C14H21FN2/c1-10(16-2)12-8-5-9-13(15)14(12)17(3)11-6-4-7-11/h5,8-11,16H,4,6-7H2,1-3H3. The summed E-state index contributed by atoms with van der Waals surface area (Å²) in [6, 6.07) is 6.03. The highest BCUT2D eigenvalue weighted by atomic mass is 19.1. The van der Waals surface area contributed by atoms with Crippen molar-refractivity contribution in [2.24, 2.45) is 0 Å². The van der Waals surface area contributed by atoms with Gasteiger partial charge in [-0.1, -0.05) is 12.1 Å². The van der Waals surface area contributed by atoms with E-state index >= 15 is 0 Å². The van der Waals surface area contributed by atoms with Crippen molar-refractivity contribution < 1.29 is 4.39 Å². The molecular formula is C14H21FN2. The largest absolute Gasteiger partial charge is 0.369 e. The summed E-state index contributed by atoms with van der Waals surface area (Å²) in [6.45, 7) is 2.06. The number of para-hydroxylation sites is 1. The molecule has 3 heteroatoms. The molecule has 0 saturated heterocycles. The van der Waals surface area contributed by atoms with Gasteiger partial charge in [0, 0.05) is 19.1 Å². The molecule has 1 aromatic carbocycles. The van der Waals surface area contributed by atoms with E-state index in [9.17, 15) is 4.39 Å². The second kappa shape index (κ2) is 5.05. The van der Waals surface area contributed by atoms with E-state index < -0.39 is 0 Å². The maximum atomic E-state index is 14.0. The molecule has 1 atom stereocenters. The Bertz CT molecular complexity index is 388. The number of anilines is 1. The summed E-state index contributed by atoms with van der Waals surface area (Å²) in [4.78, 5) is 2.11. The van der Waals surface area contributed by atoms with Gasteiger partial charge in [0.15, 0.2) is 0 Å². The Morgan fingerprint density at radius 3 is 2.65 bits per heavy atom. The van der Waals surface area contributed by atoms with Crippen molar-refractivity contribution in [2.75, 3.05) is 19.0 Å². The fourth-order valence-corrected chi connectivity index (χ4v) is 2.37. The zero-order chi connectivity index (χ0) is 12.4. The Hall–Kier alpha value is -1.09. The van der Waals surface area contributed by atoms with Gasteiger partial charge < -0.3 is 10.2 Å². The average Bonchev–Trinajstić information content (AvgIpc) is 2.25. The molecule has 0 bridgehead atoms. The van der Waals surface area contributed by atoms with Crippen LogP contribution in [-0.4, -0.2) is 20.1 Å². The van der Waals surface area contributed by atoms with Crippen molar-refractivity contribution in [1.82, 2.24) is 5.32 Å². The highest BCUT2D eigenvalue weighted by Crippen LogP contribution is 2.34. The lowest BCUT2D eigenvalue weighted by atomic mass is 9.90. The average molecular weight is 236 g/mol. The van der Waals surface area contributed by atoms with Gasteiger partial charge in [0.2, 0.25) is 0 Å². The summed E-state index contributed by atoms with van der Waals surface area (Å²) in [5.41, 5.74) is 1.81. The molecule has 17 heavy (non-hydrogen) atoms. The quantitative estimate of drug-likeness (QED) is 0.864. The van der Waals surface area contributed by atoms with E-state index in [1.807, 2.05) is 20.2 Å². The van der Waals surface area contributed by atoms with Crippen LogP contribution in [0.15, 0.2) is 18.2 Å². The maximum Gasteiger partial charge on any atom is 0.146 e. The second-order valence-corrected chi connectivity index (χ2v) is 4.88. The van der Waals surface area contributed by atoms with Crippen LogP contribution in [0, 0.1) is 5.82 Å². The van der Waals surface area contributed by atoms with E-state index in [4.69, 9.17) is 0 Å². The molecule has 2 nitrogen and oxygen atoms in total. The molecule has 0 heterocycles. The fraction of sp³-hybridized carbons (Fsp3) is 0.571. The highest BCUT2D eigenvalue weighted by Gasteiger charge is 2.26. The smallest absolute Gasteiger partial charge is 0.146 e. The van der Waals surface area contributed by atoms with Crippen molar-refractivity contribution in [2.45, 2.75) is 38.3 Å². The third-order valence-electron chi connectivity index (χ3n) is 3.89. The van der Waals surface area contributed by atoms with Crippen LogP contribution in [0.3, 0.4) is 0 Å². The lowest BCUT2D eigenvalue weighted by molar-refractivity contribution is 0.396. The Morgan fingerprint density at radius 2 is 2.12 bits per heavy atom. The van der Waals surface area contributed by atoms with Crippen LogP contribution in [-0.2, 0) is 0 Å². The molecule has 0 aliphatic heterocycles. The van der Waals surface area contributed by atoms with Crippen LogP contribution >= 0.6 is 0 Å². The number of hydrogen-bond acceptors (Lipinski definition) is 2. The monoisotopic (exact) mass is 236 g/mol. The van der Waals surface area contributed by atoms with Crippen molar-refractivity contribution in [3.8, 4) is 0 Å². The van der Waals surface area contributed by atoms with Crippen LogP contribution in [0.1, 0.15) is 37.8 Å². The number of benzene rings is 1. The fourth-order valence-electron chi connectivity index (χ4n) is 2.37. The molecule has 1 aromatic rings. The van der Waals surface area contributed by atoms with E-state index in [0.717, 1.165) is 11.3 Å². The minimum absolute atomic E-state index is 0.112. The Morgan fingerprint density at radius 1 is 1.41 bits per heavy atom. The molecule has 0 radical (unpaired) electrons. The van der Waals surface area contributed by atoms with E-state index in [1.165, 1.54) is 19.3 Å². The topological polar surface area (TPSA) is 15.3 Å². The molecule has 0 spiro atoms. The first kappa shape index (κ1) is 12.4. The normalized spacial score (nSPS) is 17.6. The van der Waals surface area contributed by atoms with Crippen molar-refractivity contribution in [3.63, 3.8) is 0 Å². The number of halogens is 1. The minimum Gasteiger partial charge on any atom is -0.369 e. The number of hydrogen-bond donors (Lipinski definition) is 1. The van der Waals surface area contributed by atoms with E-state index in [0.29, 0.717) is 6.04 Å². The molecule has 0 amide bonds. The minimum atomic E-state index is -0.112. The van der Waals surface area contributed by atoms with Gasteiger partial charge in [0.05, 0.1) is 5.69 Å². The summed E-state index contributed by atoms with van der Waals surface area (Å²) >= 11 is 0. The SMILES string of the molecule is CNC(C)c1cccc(F)c1N(C)C1CCC1. The van der Waals surface area contributed by atoms with Gasteiger partial charge in [0.25, 0.3) is 0 Å². The van der Waals surface area contributed by atoms with Gasteiger partial charge in [0.1, 0.15) is 5.82 Å². The van der Waals surface area contributed by atoms with Crippen molar-refractivity contribution >= 4 is 5.69 Å². The molecule has 1 saturated carbocycles. The molecule has 94 valence electrons. The van der Waals surface area contributed by atoms with Crippen LogP contribution in [0.25, 0.3) is 0 Å². The lowest BCUT2D eigenvalue weighted by Gasteiger charge is -2.38. The van der Waals surface area contributed by atoms with Crippen molar-refractivity contribution in [3.05, 3.63) is 29.6 Å². The summed E-state index contributed by atoms with van der Waals surface area (Å²) in [5.74, 6) is -0.112. The van der Waals surface area contributed by atoms with Gasteiger partial charge in [-0.05, 0) is 44.9 Å². The third kappa shape index (κ3) is 2.29. The third-order valence-corrected chi connectivity index (χ3v) is 3.89. The van der Waals surface area contributed by atoms with Crippen molar-refractivity contribution in [1.29, 1.82) is 0 Å². The molecular weight excluding hydrogens is 215 g/mol. The second-order valence-electron chi connectivity index (χ2n) is 4.88. The first-order valence-electron chi connectivity index (χ1n) is 6.33. The zero-order valence-corrected chi connectivity index (χ0v) is 10.8. The van der Waals surface area contributed by atoms with Crippen LogP contribution in [0.5, 0.6) is 0 Å². The Labute approximate surface area is 103 Å². The van der Waals surface area contributed by atoms with Crippen LogP contribution in [0.2, 0.25) is 0 Å². The van der Waals surface area contributed by atoms with Gasteiger partial charge in [-0.2, -0.15) is 0 Å². The number of rotatable bonds is 4. The predicted octanol–water partition coefficient (Wildman–Crippen LogP) is 3.09. The summed E-state index contributed by atoms with van der Waals surface area (Å²) in [7, 11) is 3.91. The van der Waals surface area contributed by atoms with Crippen LogP contribution in [0.4, 0.5) is 10.1 Å². The van der Waals surface area contributed by atoms with E-state index in [2.05, 4.69) is 17.1 Å². The first-order valence-corrected chi connectivity index (χ1v) is 6.33. The first-order chi connectivity index (χ1) is 8.15.